The number of hydrogen-bond acceptors (Lipinski definition) is 9. The average molecular weight is 609 g/mol. The fraction of sp³-hybridized carbons (Fsp3) is 0.933. The van der Waals surface area contributed by atoms with Crippen LogP contribution in [0.3, 0.4) is 0 Å². The van der Waals surface area contributed by atoms with E-state index in [4.69, 9.17) is 14.2 Å². The summed E-state index contributed by atoms with van der Waals surface area (Å²) in [6.45, 7) is 16.6. The number of nitrogens with zero attached hydrogens (tertiary/aromatic N) is 1. The predicted molar refractivity (Wildman–Crippen MR) is 150 cm³/mol. The van der Waals surface area contributed by atoms with Crippen molar-refractivity contribution in [1.29, 1.82) is 0 Å². The van der Waals surface area contributed by atoms with Gasteiger partial charge in [0.15, 0.2) is 0 Å². The quantitative estimate of drug-likeness (QED) is 0.356. The van der Waals surface area contributed by atoms with Crippen molar-refractivity contribution < 1.29 is 56.4 Å². The molecule has 13 atom stereocenters. The number of esters is 1. The van der Waals surface area contributed by atoms with Gasteiger partial charge in [0.2, 0.25) is 0 Å². The van der Waals surface area contributed by atoms with Crippen LogP contribution in [0.5, 0.6) is 0 Å². The number of carbonyl (C=O) groups is 1. The monoisotopic (exact) mass is 608 g/mol. The van der Waals surface area contributed by atoms with Crippen LogP contribution in [0.2, 0.25) is 0 Å². The third kappa shape index (κ3) is 7.77. The molecule has 233 valence electrons. The van der Waals surface area contributed by atoms with Crippen molar-refractivity contribution in [3.05, 3.63) is 0 Å². The van der Waals surface area contributed by atoms with Crippen molar-refractivity contribution in [1.82, 2.24) is 4.90 Å². The van der Waals surface area contributed by atoms with E-state index in [0.717, 1.165) is 4.23 Å². The molecule has 0 aliphatic carbocycles. The van der Waals surface area contributed by atoms with Crippen molar-refractivity contribution in [3.63, 3.8) is 0 Å². The van der Waals surface area contributed by atoms with Crippen LogP contribution < -0.4 is 0 Å². The van der Waals surface area contributed by atoms with Crippen molar-refractivity contribution >= 4 is 10.2 Å². The van der Waals surface area contributed by atoms with Gasteiger partial charge in [0.1, 0.15) is 0 Å². The van der Waals surface area contributed by atoms with E-state index in [2.05, 4.69) is 17.0 Å². The van der Waals surface area contributed by atoms with Crippen LogP contribution in [0, 0.1) is 29.1 Å². The minimum atomic E-state index is -1.48. The van der Waals surface area contributed by atoms with Crippen LogP contribution in [-0.2, 0) is 36.0 Å². The summed E-state index contributed by atoms with van der Waals surface area (Å²) < 4.78 is 19.3. The summed E-state index contributed by atoms with van der Waals surface area (Å²) in [5.41, 5.74) is -2.24. The molecule has 2 aliphatic rings. The first-order valence-electron chi connectivity index (χ1n) is 14.8. The van der Waals surface area contributed by atoms with E-state index in [1.807, 2.05) is 60.5 Å². The molecule has 9 nitrogen and oxygen atoms in total. The third-order valence-corrected chi connectivity index (χ3v) is 10.8. The van der Waals surface area contributed by atoms with Crippen LogP contribution in [0.15, 0.2) is 0 Å². The molecular formula is C30H55NO8V. The molecule has 0 amide bonds. The SMILES string of the molecule is CC[C@H]1OC(=O)[C@H](C)[C@@H](O)[C@H](C)[C@@H](O[C@@H]2O[C@H](C)C[C@H](N(C)C)[C@H]2O)[C@@](C)(O)C[C@@H](C)[C](=[V])[C@H](C)[C@@H](O)C1(C)C. The molecule has 10 heteroatoms. The molecule has 2 saturated heterocycles. The van der Waals surface area contributed by atoms with E-state index in [0.29, 0.717) is 12.8 Å². The Morgan fingerprint density at radius 1 is 1.02 bits per heavy atom. The summed E-state index contributed by atoms with van der Waals surface area (Å²) >= 11 is 2.56. The van der Waals surface area contributed by atoms with Crippen molar-refractivity contribution in [2.75, 3.05) is 14.1 Å². The topological polar surface area (TPSA) is 129 Å². The normalized spacial score (nSPS) is 46.1. The van der Waals surface area contributed by atoms with Crippen LogP contribution in [0.4, 0.5) is 0 Å². The summed E-state index contributed by atoms with van der Waals surface area (Å²) in [5, 5.41) is 46.1. The molecule has 0 bridgehead atoms. The predicted octanol–water partition coefficient (Wildman–Crippen LogP) is 2.29. The van der Waals surface area contributed by atoms with Crippen LogP contribution in [-0.4, -0.2) is 104 Å². The number of carbonyl (C=O) groups excluding carboxylic acids is 1. The molecule has 2 heterocycles. The molecule has 0 aromatic carbocycles. The minimum absolute atomic E-state index is 0.139. The number of cyclic esters (lactones) is 1. The third-order valence-electron chi connectivity index (χ3n) is 9.46. The van der Waals surface area contributed by atoms with Gasteiger partial charge >= 0.3 is 251 Å². The summed E-state index contributed by atoms with van der Waals surface area (Å²) in [4.78, 5) is 15.3. The maximum absolute atomic E-state index is 13.3. The van der Waals surface area contributed by atoms with E-state index >= 15 is 0 Å². The molecule has 0 unspecified atom stereocenters. The second-order valence-electron chi connectivity index (χ2n) is 13.5. The van der Waals surface area contributed by atoms with Crippen molar-refractivity contribution in [2.45, 2.75) is 136 Å². The van der Waals surface area contributed by atoms with E-state index < -0.39 is 65.6 Å². The van der Waals surface area contributed by atoms with Gasteiger partial charge in [0.05, 0.1) is 0 Å². The number of aliphatic hydroxyl groups excluding tert-OH is 3. The van der Waals surface area contributed by atoms with Gasteiger partial charge in [0.25, 0.3) is 0 Å². The first-order valence-corrected chi connectivity index (χ1v) is 15.5. The molecule has 2 rings (SSSR count). The number of ether oxygens (including phenoxy) is 3. The van der Waals surface area contributed by atoms with E-state index in [-0.39, 0.29) is 30.4 Å². The van der Waals surface area contributed by atoms with Crippen LogP contribution >= 0.6 is 0 Å². The number of rotatable bonds is 4. The Balaban J connectivity index is 2.55. The second-order valence-corrected chi connectivity index (χ2v) is 14.3. The summed E-state index contributed by atoms with van der Waals surface area (Å²) in [5.74, 6) is -2.62. The molecule has 2 fully saturated rings. The van der Waals surface area contributed by atoms with Gasteiger partial charge in [-0.3, -0.25) is 0 Å². The Morgan fingerprint density at radius 3 is 2.12 bits per heavy atom. The Morgan fingerprint density at radius 2 is 1.60 bits per heavy atom. The average Bonchev–Trinajstić information content (AvgIpc) is 2.87. The molecule has 4 N–H and O–H groups in total. The van der Waals surface area contributed by atoms with Crippen molar-refractivity contribution in [3.8, 4) is 0 Å². The first kappa shape index (κ1) is 35.8. The Labute approximate surface area is 250 Å². The standard InChI is InChI=1S/C30H55NO8.V/c1-12-22-29(7,8)25(34)17(3)13-16(2)15-30(9,36)26(19(5)23(32)20(6)27(35)38-22)39-28-24(33)21(31(10)11)14-18(4)37-28;/h16-26,28,32-34,36H,12,14-15H2,1-11H3;/t16-,17-,18+,19-,20+,21-,22+,23-,24+,25+,26+,28-,30-;/m0./s1. The Bertz CT molecular complexity index is 867. The zero-order chi connectivity index (χ0) is 30.9. The van der Waals surface area contributed by atoms with Gasteiger partial charge in [-0.15, -0.1) is 0 Å². The molecule has 0 spiro atoms. The fourth-order valence-electron chi connectivity index (χ4n) is 6.70. The van der Waals surface area contributed by atoms with Crippen LogP contribution in [0.1, 0.15) is 81.6 Å². The molecule has 0 aromatic rings. The van der Waals surface area contributed by atoms with Gasteiger partial charge in [-0.2, -0.15) is 0 Å². The van der Waals surface area contributed by atoms with Crippen molar-refractivity contribution in [2.24, 2.45) is 29.1 Å². The zero-order valence-electron chi connectivity index (χ0n) is 26.4. The summed E-state index contributed by atoms with van der Waals surface area (Å²) in [6, 6.07) is -0.213. The van der Waals surface area contributed by atoms with E-state index in [1.54, 1.807) is 20.8 Å². The van der Waals surface area contributed by atoms with Gasteiger partial charge in [-0.1, -0.05) is 0 Å². The molecule has 40 heavy (non-hydrogen) atoms. The summed E-state index contributed by atoms with van der Waals surface area (Å²) in [6.07, 6.45) is -4.40. The fourth-order valence-corrected chi connectivity index (χ4v) is 7.07. The van der Waals surface area contributed by atoms with E-state index in [1.165, 1.54) is 0 Å². The Kier molecular flexibility index (Phi) is 12.5. The number of hydrogen-bond donors (Lipinski definition) is 4. The molecule has 0 saturated carbocycles. The number of likely N-dealkylation sites (N-methyl/N-ethyl adjacent to an activating group) is 1. The van der Waals surface area contributed by atoms with E-state index in [9.17, 15) is 25.2 Å². The second kappa shape index (κ2) is 14.0. The van der Waals surface area contributed by atoms with Gasteiger partial charge < -0.3 is 0 Å². The van der Waals surface area contributed by atoms with Gasteiger partial charge in [-0.25, -0.2) is 0 Å². The molecular weight excluding hydrogens is 553 g/mol. The maximum atomic E-state index is 13.3. The zero-order valence-corrected chi connectivity index (χ0v) is 27.8. The molecule has 2 aliphatic heterocycles. The van der Waals surface area contributed by atoms with Crippen LogP contribution in [0.25, 0.3) is 0 Å². The first-order chi connectivity index (χ1) is 18.3. The summed E-state index contributed by atoms with van der Waals surface area (Å²) in [7, 11) is 3.78. The Hall–Kier alpha value is -0.356. The number of aliphatic hydroxyl groups is 4. The molecule has 0 radical (unpaired) electrons. The van der Waals surface area contributed by atoms with Gasteiger partial charge in [0, 0.05) is 0 Å². The van der Waals surface area contributed by atoms with Gasteiger partial charge in [-0.05, 0) is 0 Å². The molecule has 0 aromatic heterocycles.